The summed E-state index contributed by atoms with van der Waals surface area (Å²) >= 11 is 1.35. The van der Waals surface area contributed by atoms with Gasteiger partial charge in [0, 0.05) is 29.5 Å². The van der Waals surface area contributed by atoms with Gasteiger partial charge in [-0.05, 0) is 31.2 Å². The fourth-order valence-electron chi connectivity index (χ4n) is 1.93. The predicted octanol–water partition coefficient (Wildman–Crippen LogP) is 4.56. The third-order valence-electron chi connectivity index (χ3n) is 2.95. The number of halogens is 3. The number of anilines is 1. The number of hydrogen-bond donors (Lipinski definition) is 1. The van der Waals surface area contributed by atoms with Crippen molar-refractivity contribution < 1.29 is 27.5 Å². The first-order chi connectivity index (χ1) is 11.2. The van der Waals surface area contributed by atoms with E-state index in [2.05, 4.69) is 10.1 Å². The molecule has 0 saturated heterocycles. The largest absolute Gasteiger partial charge is 0.573 e. The van der Waals surface area contributed by atoms with E-state index in [0.717, 1.165) is 17.0 Å². The lowest BCUT2D eigenvalue weighted by Gasteiger charge is -2.10. The molecule has 0 aliphatic carbocycles. The van der Waals surface area contributed by atoms with E-state index in [1.54, 1.807) is 6.07 Å². The van der Waals surface area contributed by atoms with Crippen molar-refractivity contribution in [2.24, 2.45) is 0 Å². The summed E-state index contributed by atoms with van der Waals surface area (Å²) in [6, 6.07) is 8.49. The van der Waals surface area contributed by atoms with E-state index in [4.69, 9.17) is 0 Å². The zero-order valence-corrected chi connectivity index (χ0v) is 13.5. The van der Waals surface area contributed by atoms with Crippen molar-refractivity contribution in [1.82, 2.24) is 0 Å². The second-order valence-electron chi connectivity index (χ2n) is 4.96. The molecule has 1 N–H and O–H groups in total. The van der Waals surface area contributed by atoms with Crippen LogP contribution in [-0.4, -0.2) is 18.1 Å². The highest BCUT2D eigenvalue weighted by atomic mass is 32.1. The van der Waals surface area contributed by atoms with Crippen LogP contribution >= 0.6 is 11.3 Å². The second kappa shape index (κ2) is 7.48. The first-order valence-electron chi connectivity index (χ1n) is 6.98. The van der Waals surface area contributed by atoms with Gasteiger partial charge < -0.3 is 10.1 Å². The SMILES string of the molecule is Cc1ccc(C(=O)CCC(=O)Nc2cccc(OC(F)(F)F)c2)s1. The van der Waals surface area contributed by atoms with Crippen molar-refractivity contribution in [3.05, 3.63) is 46.2 Å². The maximum atomic E-state index is 12.2. The zero-order chi connectivity index (χ0) is 17.7. The van der Waals surface area contributed by atoms with Gasteiger partial charge in [-0.15, -0.1) is 24.5 Å². The van der Waals surface area contributed by atoms with Crippen LogP contribution in [-0.2, 0) is 4.79 Å². The standard InChI is InChI=1S/C16H14F3NO3S/c1-10-5-7-14(24-10)13(21)6-8-15(22)20-11-3-2-4-12(9-11)23-16(17,18)19/h2-5,7,9H,6,8H2,1H3,(H,20,22). The Kier molecular flexibility index (Phi) is 5.61. The lowest BCUT2D eigenvalue weighted by Crippen LogP contribution is -2.17. The zero-order valence-electron chi connectivity index (χ0n) is 12.6. The normalized spacial score (nSPS) is 11.2. The number of thiophene rings is 1. The van der Waals surface area contributed by atoms with Gasteiger partial charge in [0.15, 0.2) is 5.78 Å². The minimum Gasteiger partial charge on any atom is -0.406 e. The minimum atomic E-state index is -4.80. The smallest absolute Gasteiger partial charge is 0.406 e. The molecule has 2 aromatic rings. The number of ketones is 1. The maximum absolute atomic E-state index is 12.2. The van der Waals surface area contributed by atoms with Crippen molar-refractivity contribution in [1.29, 1.82) is 0 Å². The van der Waals surface area contributed by atoms with Crippen LogP contribution in [0.1, 0.15) is 27.4 Å². The first kappa shape index (κ1) is 18.0. The van der Waals surface area contributed by atoms with Crippen LogP contribution < -0.4 is 10.1 Å². The Morgan fingerprint density at radius 2 is 1.92 bits per heavy atom. The molecule has 24 heavy (non-hydrogen) atoms. The second-order valence-corrected chi connectivity index (χ2v) is 6.25. The first-order valence-corrected chi connectivity index (χ1v) is 7.80. The molecule has 1 amide bonds. The van der Waals surface area contributed by atoms with Crippen LogP contribution in [0.3, 0.4) is 0 Å². The van der Waals surface area contributed by atoms with Gasteiger partial charge in [0.05, 0.1) is 4.88 Å². The van der Waals surface area contributed by atoms with Gasteiger partial charge in [-0.1, -0.05) is 6.07 Å². The molecule has 1 heterocycles. The highest BCUT2D eigenvalue weighted by Gasteiger charge is 2.31. The van der Waals surface area contributed by atoms with Gasteiger partial charge in [-0.25, -0.2) is 0 Å². The summed E-state index contributed by atoms with van der Waals surface area (Å²) in [4.78, 5) is 25.3. The molecule has 0 aliphatic rings. The number of alkyl halides is 3. The summed E-state index contributed by atoms with van der Waals surface area (Å²) in [5.41, 5.74) is 0.168. The lowest BCUT2D eigenvalue weighted by atomic mass is 10.2. The molecule has 128 valence electrons. The fourth-order valence-corrected chi connectivity index (χ4v) is 2.76. The highest BCUT2D eigenvalue weighted by Crippen LogP contribution is 2.25. The molecule has 1 aromatic heterocycles. The van der Waals surface area contributed by atoms with Crippen molar-refractivity contribution in [3.8, 4) is 5.75 Å². The molecule has 0 aliphatic heterocycles. The molecular weight excluding hydrogens is 343 g/mol. The van der Waals surface area contributed by atoms with Gasteiger partial charge in [0.1, 0.15) is 5.75 Å². The van der Waals surface area contributed by atoms with Crippen molar-refractivity contribution >= 4 is 28.7 Å². The van der Waals surface area contributed by atoms with Crippen LogP contribution in [0.5, 0.6) is 5.75 Å². The monoisotopic (exact) mass is 357 g/mol. The molecule has 0 bridgehead atoms. The van der Waals surface area contributed by atoms with Gasteiger partial charge in [-0.3, -0.25) is 9.59 Å². The number of hydrogen-bond acceptors (Lipinski definition) is 4. The Bertz CT molecular complexity index is 740. The van der Waals surface area contributed by atoms with Crippen molar-refractivity contribution in [2.75, 3.05) is 5.32 Å². The number of carbonyl (C=O) groups excluding carboxylic acids is 2. The highest BCUT2D eigenvalue weighted by molar-refractivity contribution is 7.14. The summed E-state index contributed by atoms with van der Waals surface area (Å²) in [5.74, 6) is -1.02. The summed E-state index contributed by atoms with van der Waals surface area (Å²) in [6.45, 7) is 1.88. The van der Waals surface area contributed by atoms with Gasteiger partial charge in [0.25, 0.3) is 0 Å². The Balaban J connectivity index is 1.88. The van der Waals surface area contributed by atoms with Crippen LogP contribution in [0, 0.1) is 6.92 Å². The third kappa shape index (κ3) is 5.69. The molecule has 0 atom stereocenters. The average Bonchev–Trinajstić information content (AvgIpc) is 2.90. The van der Waals surface area contributed by atoms with E-state index < -0.39 is 18.0 Å². The number of carbonyl (C=O) groups is 2. The van der Waals surface area contributed by atoms with Crippen LogP contribution in [0.2, 0.25) is 0 Å². The third-order valence-corrected chi connectivity index (χ3v) is 3.99. The van der Waals surface area contributed by atoms with E-state index in [-0.39, 0.29) is 24.3 Å². The molecule has 2 rings (SSSR count). The molecule has 0 saturated carbocycles. The van der Waals surface area contributed by atoms with Crippen LogP contribution in [0.25, 0.3) is 0 Å². The molecule has 1 aromatic carbocycles. The quantitative estimate of drug-likeness (QED) is 0.771. The fraction of sp³-hybridized carbons (Fsp3) is 0.250. The van der Waals surface area contributed by atoms with Gasteiger partial charge in [0.2, 0.25) is 5.91 Å². The molecular formula is C16H14F3NO3S. The number of rotatable bonds is 6. The molecule has 4 nitrogen and oxygen atoms in total. The molecule has 0 unspecified atom stereocenters. The number of benzene rings is 1. The summed E-state index contributed by atoms with van der Waals surface area (Å²) in [7, 11) is 0. The Labute approximate surface area is 140 Å². The van der Waals surface area contributed by atoms with Crippen LogP contribution in [0.4, 0.5) is 18.9 Å². The number of nitrogens with one attached hydrogen (secondary N) is 1. The molecule has 0 spiro atoms. The molecule has 0 radical (unpaired) electrons. The number of Topliss-reactive ketones (excluding diaryl/α,β-unsaturated/α-hetero) is 1. The van der Waals surface area contributed by atoms with E-state index >= 15 is 0 Å². The Hall–Kier alpha value is -2.35. The summed E-state index contributed by atoms with van der Waals surface area (Å²) in [5, 5.41) is 2.45. The van der Waals surface area contributed by atoms with E-state index in [9.17, 15) is 22.8 Å². The van der Waals surface area contributed by atoms with Crippen LogP contribution in [0.15, 0.2) is 36.4 Å². The maximum Gasteiger partial charge on any atom is 0.573 e. The summed E-state index contributed by atoms with van der Waals surface area (Å²) in [6.07, 6.45) is -4.82. The van der Waals surface area contributed by atoms with E-state index in [1.807, 2.05) is 13.0 Å². The molecule has 0 fully saturated rings. The van der Waals surface area contributed by atoms with Crippen molar-refractivity contribution in [3.63, 3.8) is 0 Å². The van der Waals surface area contributed by atoms with Gasteiger partial charge in [-0.2, -0.15) is 0 Å². The lowest BCUT2D eigenvalue weighted by molar-refractivity contribution is -0.274. The van der Waals surface area contributed by atoms with Crippen molar-refractivity contribution in [2.45, 2.75) is 26.1 Å². The number of aryl methyl sites for hydroxylation is 1. The predicted molar refractivity (Wildman–Crippen MR) is 84.4 cm³/mol. The van der Waals surface area contributed by atoms with Gasteiger partial charge >= 0.3 is 6.36 Å². The Morgan fingerprint density at radius 1 is 1.17 bits per heavy atom. The topological polar surface area (TPSA) is 55.4 Å². The van der Waals surface area contributed by atoms with E-state index in [1.165, 1.54) is 23.5 Å². The number of ether oxygens (including phenoxy) is 1. The average molecular weight is 357 g/mol. The minimum absolute atomic E-state index is 0.0323. The molecule has 8 heteroatoms. The number of amides is 1. The summed E-state index contributed by atoms with van der Waals surface area (Å²) < 4.78 is 40.3. The van der Waals surface area contributed by atoms with E-state index in [0.29, 0.717) is 4.88 Å². The Morgan fingerprint density at radius 3 is 2.54 bits per heavy atom.